The minimum Gasteiger partial charge on any atom is -0.243 e. The van der Waals surface area contributed by atoms with Gasteiger partial charge >= 0.3 is 5.97 Å². The van der Waals surface area contributed by atoms with Gasteiger partial charge in [0.25, 0.3) is 0 Å². The summed E-state index contributed by atoms with van der Waals surface area (Å²) < 4.78 is 0. The van der Waals surface area contributed by atoms with E-state index in [9.17, 15) is 9.90 Å². The van der Waals surface area contributed by atoms with Crippen molar-refractivity contribution < 1.29 is 9.90 Å². The summed E-state index contributed by atoms with van der Waals surface area (Å²) >= 11 is 10.9. The van der Waals surface area contributed by atoms with Crippen molar-refractivity contribution in [3.8, 4) is 0 Å². The van der Waals surface area contributed by atoms with Crippen molar-refractivity contribution in [1.29, 1.82) is 0 Å². The molecule has 0 aliphatic carbocycles. The van der Waals surface area contributed by atoms with Crippen LogP contribution in [0.5, 0.6) is 0 Å². The fourth-order valence-corrected chi connectivity index (χ4v) is 0.923. The van der Waals surface area contributed by atoms with Crippen LogP contribution in [-0.2, 0) is 5.11 Å². The number of carbonyl (C=O) groups is 1. The SMILES string of the molecule is [O]C(=O)c1ccnc(Cl)c1Cl. The molecule has 0 unspecified atom stereocenters. The summed E-state index contributed by atoms with van der Waals surface area (Å²) in [5.74, 6) is -1.36. The van der Waals surface area contributed by atoms with Gasteiger partial charge in [-0.05, 0) is 6.07 Å². The van der Waals surface area contributed by atoms with Crippen molar-refractivity contribution >= 4 is 29.2 Å². The minimum absolute atomic E-state index is 0.0339. The molecule has 0 amide bonds. The van der Waals surface area contributed by atoms with E-state index in [-0.39, 0.29) is 15.7 Å². The Morgan fingerprint density at radius 2 is 2.09 bits per heavy atom. The van der Waals surface area contributed by atoms with Crippen LogP contribution in [0.2, 0.25) is 10.2 Å². The third-order valence-electron chi connectivity index (χ3n) is 1.07. The lowest BCUT2D eigenvalue weighted by molar-refractivity contribution is 0.0573. The topological polar surface area (TPSA) is 49.9 Å². The van der Waals surface area contributed by atoms with E-state index < -0.39 is 5.97 Å². The molecule has 0 aromatic carbocycles. The van der Waals surface area contributed by atoms with Crippen molar-refractivity contribution in [2.45, 2.75) is 0 Å². The van der Waals surface area contributed by atoms with Gasteiger partial charge in [0, 0.05) is 6.20 Å². The van der Waals surface area contributed by atoms with E-state index in [1.807, 2.05) is 0 Å². The first kappa shape index (κ1) is 8.30. The maximum Gasteiger partial charge on any atom is 0.388 e. The number of hydrogen-bond acceptors (Lipinski definition) is 2. The number of rotatable bonds is 1. The highest BCUT2D eigenvalue weighted by Gasteiger charge is 2.12. The maximum atomic E-state index is 10.3. The summed E-state index contributed by atoms with van der Waals surface area (Å²) in [5.41, 5.74) is -0.147. The van der Waals surface area contributed by atoms with Gasteiger partial charge in [0.05, 0.1) is 10.6 Å². The number of pyridine rings is 1. The molecule has 1 aromatic heterocycles. The second-order valence-electron chi connectivity index (χ2n) is 1.75. The van der Waals surface area contributed by atoms with Gasteiger partial charge < -0.3 is 0 Å². The average Bonchev–Trinajstić information content (AvgIpc) is 1.94. The van der Waals surface area contributed by atoms with E-state index in [4.69, 9.17) is 23.2 Å². The highest BCUT2D eigenvalue weighted by molar-refractivity contribution is 6.42. The smallest absolute Gasteiger partial charge is 0.243 e. The third-order valence-corrected chi connectivity index (χ3v) is 1.83. The molecule has 0 aliphatic rings. The highest BCUT2D eigenvalue weighted by atomic mass is 35.5. The van der Waals surface area contributed by atoms with Crippen molar-refractivity contribution in [3.05, 3.63) is 28.0 Å². The predicted molar refractivity (Wildman–Crippen MR) is 39.3 cm³/mol. The first-order valence-electron chi connectivity index (χ1n) is 2.64. The lowest BCUT2D eigenvalue weighted by Gasteiger charge is -1.95. The molecule has 0 saturated heterocycles. The van der Waals surface area contributed by atoms with Gasteiger partial charge in [-0.2, -0.15) is 0 Å². The van der Waals surface area contributed by atoms with Crippen molar-refractivity contribution in [3.63, 3.8) is 0 Å². The monoisotopic (exact) mass is 190 g/mol. The predicted octanol–water partition coefficient (Wildman–Crippen LogP) is 1.96. The third kappa shape index (κ3) is 1.61. The number of nitrogens with zero attached hydrogens (tertiary/aromatic N) is 1. The van der Waals surface area contributed by atoms with Crippen LogP contribution in [0.15, 0.2) is 12.3 Å². The number of hydrogen-bond donors (Lipinski definition) is 0. The molecule has 1 aromatic rings. The van der Waals surface area contributed by atoms with Crippen LogP contribution in [0, 0.1) is 0 Å². The fourth-order valence-electron chi connectivity index (χ4n) is 0.576. The Hall–Kier alpha value is -0.800. The normalized spacial score (nSPS) is 9.64. The Bertz CT molecular complexity index is 301. The Morgan fingerprint density at radius 1 is 1.45 bits per heavy atom. The van der Waals surface area contributed by atoms with Crippen molar-refractivity contribution in [1.82, 2.24) is 4.98 Å². The van der Waals surface area contributed by atoms with E-state index in [0.717, 1.165) is 0 Å². The van der Waals surface area contributed by atoms with E-state index >= 15 is 0 Å². The second kappa shape index (κ2) is 3.07. The molecule has 0 saturated carbocycles. The zero-order chi connectivity index (χ0) is 8.43. The van der Waals surface area contributed by atoms with Gasteiger partial charge in [0.1, 0.15) is 5.15 Å². The molecule has 0 fully saturated rings. The Balaban J connectivity index is 3.27. The molecule has 11 heavy (non-hydrogen) atoms. The minimum atomic E-state index is -1.36. The molecule has 0 aliphatic heterocycles. The molecular formula is C6H2Cl2NO2. The van der Waals surface area contributed by atoms with E-state index in [1.165, 1.54) is 12.3 Å². The van der Waals surface area contributed by atoms with Gasteiger partial charge in [-0.3, -0.25) is 0 Å². The maximum absolute atomic E-state index is 10.3. The molecule has 1 heterocycles. The lowest BCUT2D eigenvalue weighted by Crippen LogP contribution is -1.96. The first-order chi connectivity index (χ1) is 5.13. The summed E-state index contributed by atoms with van der Waals surface area (Å²) in [7, 11) is 0. The van der Waals surface area contributed by atoms with E-state index in [0.29, 0.717) is 0 Å². The highest BCUT2D eigenvalue weighted by Crippen LogP contribution is 2.22. The zero-order valence-corrected chi connectivity index (χ0v) is 6.69. The molecule has 57 valence electrons. The standard InChI is InChI=1S/C6H2Cl2NO2/c7-4-3(6(10)11)1-2-9-5(4)8/h1-2H. The van der Waals surface area contributed by atoms with Gasteiger partial charge in [-0.25, -0.2) is 14.9 Å². The van der Waals surface area contributed by atoms with Gasteiger partial charge in [0.2, 0.25) is 0 Å². The summed E-state index contributed by atoms with van der Waals surface area (Å²) in [4.78, 5) is 13.9. The summed E-state index contributed by atoms with van der Waals surface area (Å²) in [5, 5.41) is 10.2. The lowest BCUT2D eigenvalue weighted by atomic mass is 10.3. The molecule has 0 bridgehead atoms. The average molecular weight is 191 g/mol. The summed E-state index contributed by atoms with van der Waals surface area (Å²) in [6.07, 6.45) is 1.25. The number of aromatic nitrogens is 1. The van der Waals surface area contributed by atoms with Crippen LogP contribution in [0.1, 0.15) is 10.4 Å². The van der Waals surface area contributed by atoms with E-state index in [1.54, 1.807) is 0 Å². The molecule has 0 N–H and O–H groups in total. The molecule has 3 nitrogen and oxygen atoms in total. The fraction of sp³-hybridized carbons (Fsp3) is 0. The Labute approximate surface area is 72.6 Å². The molecule has 0 spiro atoms. The van der Waals surface area contributed by atoms with Crippen LogP contribution < -0.4 is 0 Å². The number of carbonyl (C=O) groups excluding carboxylic acids is 1. The molecule has 5 heteroatoms. The summed E-state index contributed by atoms with van der Waals surface area (Å²) in [6, 6.07) is 1.23. The van der Waals surface area contributed by atoms with Crippen LogP contribution >= 0.6 is 23.2 Å². The Morgan fingerprint density at radius 3 is 2.55 bits per heavy atom. The molecule has 0 atom stereocenters. The first-order valence-corrected chi connectivity index (χ1v) is 3.40. The Kier molecular flexibility index (Phi) is 2.31. The quantitative estimate of drug-likeness (QED) is 0.637. The molecular weight excluding hydrogens is 189 g/mol. The van der Waals surface area contributed by atoms with Crippen LogP contribution in [0.3, 0.4) is 0 Å². The summed E-state index contributed by atoms with van der Waals surface area (Å²) in [6.45, 7) is 0. The van der Waals surface area contributed by atoms with Gasteiger partial charge in [0.15, 0.2) is 0 Å². The van der Waals surface area contributed by atoms with Crippen molar-refractivity contribution in [2.24, 2.45) is 0 Å². The van der Waals surface area contributed by atoms with Crippen LogP contribution in [-0.4, -0.2) is 11.0 Å². The van der Waals surface area contributed by atoms with Gasteiger partial charge in [-0.15, -0.1) is 0 Å². The van der Waals surface area contributed by atoms with Crippen LogP contribution in [0.4, 0.5) is 0 Å². The van der Waals surface area contributed by atoms with Gasteiger partial charge in [-0.1, -0.05) is 23.2 Å². The van der Waals surface area contributed by atoms with Crippen molar-refractivity contribution in [2.75, 3.05) is 0 Å². The van der Waals surface area contributed by atoms with Crippen LogP contribution in [0.25, 0.3) is 0 Å². The van der Waals surface area contributed by atoms with E-state index in [2.05, 4.69) is 4.98 Å². The second-order valence-corrected chi connectivity index (χ2v) is 2.49. The molecule has 1 rings (SSSR count). The largest absolute Gasteiger partial charge is 0.388 e. The molecule has 1 radical (unpaired) electrons. The number of halogens is 2. The zero-order valence-electron chi connectivity index (χ0n) is 5.17.